The number of nitrogens with one attached hydrogen (secondary N) is 2. The SMILES string of the molecule is C=C(C)C(F)(F)COc1ccc(CNC(=O)c2ccnc(NC(=O)C(C)C)n2)cn1. The summed E-state index contributed by atoms with van der Waals surface area (Å²) < 4.78 is 32.0. The van der Waals surface area contributed by atoms with Crippen LogP contribution in [0.15, 0.2) is 42.7 Å². The molecule has 2 amide bonds. The summed E-state index contributed by atoms with van der Waals surface area (Å²) in [5.74, 6) is -4.05. The van der Waals surface area contributed by atoms with Crippen LogP contribution < -0.4 is 15.4 Å². The van der Waals surface area contributed by atoms with Gasteiger partial charge in [-0.1, -0.05) is 26.5 Å². The van der Waals surface area contributed by atoms with Gasteiger partial charge in [-0.3, -0.25) is 14.9 Å². The lowest BCUT2D eigenvalue weighted by Crippen LogP contribution is -2.27. The average molecular weight is 419 g/mol. The maximum absolute atomic E-state index is 13.5. The van der Waals surface area contributed by atoms with Gasteiger partial charge in [-0.25, -0.2) is 15.0 Å². The lowest BCUT2D eigenvalue weighted by atomic mass is 10.2. The second kappa shape index (κ2) is 9.86. The van der Waals surface area contributed by atoms with Crippen molar-refractivity contribution in [1.29, 1.82) is 0 Å². The molecular weight excluding hydrogens is 396 g/mol. The molecule has 0 unspecified atom stereocenters. The van der Waals surface area contributed by atoms with Crippen LogP contribution in [0.25, 0.3) is 0 Å². The molecule has 0 radical (unpaired) electrons. The molecule has 0 saturated heterocycles. The number of alkyl halides is 2. The molecular formula is C20H23F2N5O3. The van der Waals surface area contributed by atoms with E-state index in [1.165, 1.54) is 31.5 Å². The molecule has 0 saturated carbocycles. The standard InChI is InChI=1S/C20H23F2N5O3/c1-12(2)17(28)27-19-23-8-7-15(26-19)18(29)25-10-14-5-6-16(24-9-14)30-11-20(21,22)13(3)4/h5-9,12H,3,10-11H2,1-2,4H3,(H,25,29)(H,23,26,27,28). The van der Waals surface area contributed by atoms with E-state index in [-0.39, 0.29) is 41.5 Å². The van der Waals surface area contributed by atoms with Crippen molar-refractivity contribution in [2.45, 2.75) is 33.2 Å². The molecule has 0 aromatic carbocycles. The van der Waals surface area contributed by atoms with Crippen molar-refractivity contribution in [1.82, 2.24) is 20.3 Å². The van der Waals surface area contributed by atoms with Crippen molar-refractivity contribution in [3.63, 3.8) is 0 Å². The zero-order valence-corrected chi connectivity index (χ0v) is 16.9. The van der Waals surface area contributed by atoms with Crippen LogP contribution in [0.3, 0.4) is 0 Å². The Hall–Kier alpha value is -3.43. The first kappa shape index (κ1) is 22.9. The van der Waals surface area contributed by atoms with Crippen molar-refractivity contribution in [2.75, 3.05) is 11.9 Å². The first-order valence-corrected chi connectivity index (χ1v) is 9.12. The molecule has 0 aliphatic heterocycles. The van der Waals surface area contributed by atoms with E-state index in [2.05, 4.69) is 32.2 Å². The molecule has 2 N–H and O–H groups in total. The van der Waals surface area contributed by atoms with Gasteiger partial charge in [0.1, 0.15) is 5.69 Å². The second-order valence-corrected chi connectivity index (χ2v) is 6.87. The van der Waals surface area contributed by atoms with Gasteiger partial charge in [-0.15, -0.1) is 0 Å². The maximum Gasteiger partial charge on any atom is 0.302 e. The van der Waals surface area contributed by atoms with Gasteiger partial charge in [-0.05, 0) is 24.1 Å². The van der Waals surface area contributed by atoms with E-state index in [0.29, 0.717) is 5.56 Å². The minimum atomic E-state index is -3.14. The van der Waals surface area contributed by atoms with Crippen LogP contribution >= 0.6 is 0 Å². The van der Waals surface area contributed by atoms with E-state index in [0.717, 1.165) is 0 Å². The number of amides is 2. The molecule has 2 aromatic rings. The molecule has 0 aliphatic carbocycles. The van der Waals surface area contributed by atoms with Gasteiger partial charge in [0.05, 0.1) is 0 Å². The lowest BCUT2D eigenvalue weighted by Gasteiger charge is -2.16. The minimum absolute atomic E-state index is 0.0346. The predicted octanol–water partition coefficient (Wildman–Crippen LogP) is 2.99. The third-order valence-electron chi connectivity index (χ3n) is 3.92. The summed E-state index contributed by atoms with van der Waals surface area (Å²) in [7, 11) is 0. The summed E-state index contributed by atoms with van der Waals surface area (Å²) in [5, 5.41) is 5.18. The molecule has 2 heterocycles. The van der Waals surface area contributed by atoms with Crippen LogP contribution in [0.4, 0.5) is 14.7 Å². The number of carbonyl (C=O) groups is 2. The average Bonchev–Trinajstić information content (AvgIpc) is 2.71. The summed E-state index contributed by atoms with van der Waals surface area (Å²) in [6.07, 6.45) is 2.77. The molecule has 0 atom stereocenters. The van der Waals surface area contributed by atoms with E-state index in [9.17, 15) is 18.4 Å². The largest absolute Gasteiger partial charge is 0.471 e. The number of anilines is 1. The van der Waals surface area contributed by atoms with E-state index < -0.39 is 18.4 Å². The van der Waals surface area contributed by atoms with Gasteiger partial charge in [0.25, 0.3) is 5.91 Å². The van der Waals surface area contributed by atoms with E-state index in [1.807, 2.05) is 0 Å². The van der Waals surface area contributed by atoms with Crippen LogP contribution in [0.5, 0.6) is 5.88 Å². The van der Waals surface area contributed by atoms with Gasteiger partial charge >= 0.3 is 5.92 Å². The lowest BCUT2D eigenvalue weighted by molar-refractivity contribution is -0.118. The number of rotatable bonds is 9. The molecule has 0 fully saturated rings. The van der Waals surface area contributed by atoms with Crippen molar-refractivity contribution in [3.05, 3.63) is 54.0 Å². The summed E-state index contributed by atoms with van der Waals surface area (Å²) >= 11 is 0. The van der Waals surface area contributed by atoms with E-state index in [4.69, 9.17) is 4.74 Å². The predicted molar refractivity (Wildman–Crippen MR) is 106 cm³/mol. The van der Waals surface area contributed by atoms with Gasteiger partial charge in [0.2, 0.25) is 17.7 Å². The number of halogens is 2. The summed E-state index contributed by atoms with van der Waals surface area (Å²) in [6, 6.07) is 4.44. The molecule has 10 heteroatoms. The zero-order chi connectivity index (χ0) is 22.3. The zero-order valence-electron chi connectivity index (χ0n) is 16.9. The molecule has 0 bridgehead atoms. The normalized spacial score (nSPS) is 11.1. The Balaban J connectivity index is 1.90. The second-order valence-electron chi connectivity index (χ2n) is 6.87. The Morgan fingerprint density at radius 1 is 1.23 bits per heavy atom. The van der Waals surface area contributed by atoms with Crippen LogP contribution in [-0.4, -0.2) is 39.3 Å². The van der Waals surface area contributed by atoms with Gasteiger partial charge in [0.15, 0.2) is 6.61 Å². The Morgan fingerprint density at radius 2 is 1.97 bits per heavy atom. The summed E-state index contributed by atoms with van der Waals surface area (Å²) in [5.41, 5.74) is 0.419. The number of hydrogen-bond donors (Lipinski definition) is 2. The summed E-state index contributed by atoms with van der Waals surface area (Å²) in [6.45, 7) is 7.18. The Kier molecular flexibility index (Phi) is 7.51. The van der Waals surface area contributed by atoms with Crippen LogP contribution in [0, 0.1) is 5.92 Å². The van der Waals surface area contributed by atoms with Gasteiger partial charge < -0.3 is 10.1 Å². The van der Waals surface area contributed by atoms with Gasteiger partial charge in [0, 0.05) is 30.9 Å². The first-order valence-electron chi connectivity index (χ1n) is 9.12. The Labute approximate surface area is 172 Å². The molecule has 30 heavy (non-hydrogen) atoms. The quantitative estimate of drug-likeness (QED) is 0.606. The fourth-order valence-electron chi connectivity index (χ4n) is 1.96. The van der Waals surface area contributed by atoms with Gasteiger partial charge in [-0.2, -0.15) is 8.78 Å². The molecule has 160 valence electrons. The molecule has 0 aliphatic rings. The fourth-order valence-corrected chi connectivity index (χ4v) is 1.96. The number of hydrogen-bond acceptors (Lipinski definition) is 6. The number of pyridine rings is 1. The highest BCUT2D eigenvalue weighted by molar-refractivity contribution is 5.94. The van der Waals surface area contributed by atoms with E-state index in [1.54, 1.807) is 19.9 Å². The Bertz CT molecular complexity index is 917. The van der Waals surface area contributed by atoms with E-state index >= 15 is 0 Å². The molecule has 0 spiro atoms. The first-order chi connectivity index (χ1) is 14.1. The van der Waals surface area contributed by atoms with Crippen molar-refractivity contribution in [2.24, 2.45) is 5.92 Å². The van der Waals surface area contributed by atoms with Crippen molar-refractivity contribution in [3.8, 4) is 5.88 Å². The highest BCUT2D eigenvalue weighted by atomic mass is 19.3. The molecule has 2 rings (SSSR count). The summed E-state index contributed by atoms with van der Waals surface area (Å²) in [4.78, 5) is 35.9. The number of aromatic nitrogens is 3. The smallest absolute Gasteiger partial charge is 0.302 e. The number of nitrogens with zero attached hydrogens (tertiary/aromatic N) is 3. The Morgan fingerprint density at radius 3 is 2.57 bits per heavy atom. The van der Waals surface area contributed by atoms with Crippen molar-refractivity contribution < 1.29 is 23.1 Å². The van der Waals surface area contributed by atoms with Crippen LogP contribution in [-0.2, 0) is 11.3 Å². The third kappa shape index (κ3) is 6.57. The number of ether oxygens (including phenoxy) is 1. The highest BCUT2D eigenvalue weighted by Gasteiger charge is 2.31. The third-order valence-corrected chi connectivity index (χ3v) is 3.92. The van der Waals surface area contributed by atoms with Crippen LogP contribution in [0.1, 0.15) is 36.8 Å². The highest BCUT2D eigenvalue weighted by Crippen LogP contribution is 2.23. The topological polar surface area (TPSA) is 106 Å². The van der Waals surface area contributed by atoms with Crippen molar-refractivity contribution >= 4 is 17.8 Å². The molecule has 2 aromatic heterocycles. The maximum atomic E-state index is 13.5. The number of carbonyl (C=O) groups excluding carboxylic acids is 2. The molecule has 8 nitrogen and oxygen atoms in total. The minimum Gasteiger partial charge on any atom is -0.471 e. The fraction of sp³-hybridized carbons (Fsp3) is 0.350. The van der Waals surface area contributed by atoms with Crippen LogP contribution in [0.2, 0.25) is 0 Å². The monoisotopic (exact) mass is 419 g/mol.